The Morgan fingerprint density at radius 2 is 1.87 bits per heavy atom. The number of hydrogen-bond donors (Lipinski definition) is 2. The van der Waals surface area contributed by atoms with Crippen LogP contribution < -0.4 is 20.3 Å². The number of rotatable bonds is 3. The zero-order valence-electron chi connectivity index (χ0n) is 16.2. The van der Waals surface area contributed by atoms with Crippen molar-refractivity contribution in [1.29, 1.82) is 0 Å². The lowest BCUT2D eigenvalue weighted by Crippen LogP contribution is -2.41. The summed E-state index contributed by atoms with van der Waals surface area (Å²) in [5.74, 6) is 2.80. The molecule has 1 aromatic heterocycles. The van der Waals surface area contributed by atoms with Gasteiger partial charge in [-0.25, -0.2) is 0 Å². The van der Waals surface area contributed by atoms with Gasteiger partial charge in [0.15, 0.2) is 11.5 Å². The maximum atomic E-state index is 13.0. The average Bonchev–Trinajstić information content (AvgIpc) is 3.50. The predicted molar refractivity (Wildman–Crippen MR) is 123 cm³/mol. The fraction of sp³-hybridized carbons (Fsp3) is 0.400. The van der Waals surface area contributed by atoms with E-state index in [2.05, 4.69) is 17.1 Å². The highest BCUT2D eigenvalue weighted by Gasteiger charge is 2.45. The van der Waals surface area contributed by atoms with Crippen molar-refractivity contribution in [3.63, 3.8) is 0 Å². The van der Waals surface area contributed by atoms with Gasteiger partial charge in [-0.15, -0.1) is 46.6 Å². The molecule has 0 bridgehead atoms. The van der Waals surface area contributed by atoms with E-state index in [9.17, 15) is 9.59 Å². The minimum atomic E-state index is -0.393. The van der Waals surface area contributed by atoms with Crippen LogP contribution in [-0.4, -0.2) is 36.4 Å². The van der Waals surface area contributed by atoms with Crippen LogP contribution in [0.25, 0.3) is 0 Å². The van der Waals surface area contributed by atoms with Crippen LogP contribution in [0.4, 0.5) is 0 Å². The second-order valence-corrected chi connectivity index (χ2v) is 12.2. The van der Waals surface area contributed by atoms with Crippen molar-refractivity contribution < 1.29 is 19.1 Å². The number of fused-ring (bicyclic) bond motifs is 3. The molecular weight excluding hydrogens is 460 g/mol. The van der Waals surface area contributed by atoms with E-state index >= 15 is 0 Å². The molecule has 10 heteroatoms. The van der Waals surface area contributed by atoms with Gasteiger partial charge in [0.05, 0.1) is 13.2 Å². The SMILES string of the molecule is CSc1sc(C(=O)NNC(=O)c2ccc3c(c2)OCO3)c2c1C1(CCC2)SCCS1. The molecule has 1 saturated heterocycles. The van der Waals surface area contributed by atoms with Crippen LogP contribution in [0.1, 0.15) is 44.0 Å². The Kier molecular flexibility index (Phi) is 5.59. The summed E-state index contributed by atoms with van der Waals surface area (Å²) in [5, 5.41) is 0. The first kappa shape index (κ1) is 20.4. The van der Waals surface area contributed by atoms with Crippen LogP contribution >= 0.6 is 46.6 Å². The fourth-order valence-corrected chi connectivity index (χ4v) is 9.91. The van der Waals surface area contributed by atoms with Crippen LogP contribution in [0.5, 0.6) is 11.5 Å². The molecule has 2 aliphatic heterocycles. The normalized spacial score (nSPS) is 18.3. The number of benzene rings is 1. The number of carbonyl (C=O) groups excluding carboxylic acids is 2. The van der Waals surface area contributed by atoms with Crippen molar-refractivity contribution >= 4 is 58.4 Å². The minimum Gasteiger partial charge on any atom is -0.454 e. The summed E-state index contributed by atoms with van der Waals surface area (Å²) in [5.41, 5.74) is 8.06. The summed E-state index contributed by atoms with van der Waals surface area (Å²) in [4.78, 5) is 26.2. The summed E-state index contributed by atoms with van der Waals surface area (Å²) in [6.45, 7) is 0.149. The summed E-state index contributed by atoms with van der Waals surface area (Å²) in [6.07, 6.45) is 5.22. The molecule has 1 aromatic carbocycles. The molecule has 158 valence electrons. The van der Waals surface area contributed by atoms with Gasteiger partial charge in [-0.3, -0.25) is 20.4 Å². The fourth-order valence-electron chi connectivity index (χ4n) is 4.04. The third-order valence-electron chi connectivity index (χ3n) is 5.36. The molecule has 5 rings (SSSR count). The number of nitrogens with one attached hydrogen (secondary N) is 2. The van der Waals surface area contributed by atoms with Gasteiger partial charge in [-0.2, -0.15) is 0 Å². The van der Waals surface area contributed by atoms with Gasteiger partial charge in [0.1, 0.15) is 0 Å². The van der Waals surface area contributed by atoms with E-state index in [4.69, 9.17) is 9.47 Å². The number of thiophene rings is 1. The topological polar surface area (TPSA) is 76.7 Å². The van der Waals surface area contributed by atoms with Crippen LogP contribution in [0, 0.1) is 0 Å². The highest BCUT2D eigenvalue weighted by Crippen LogP contribution is 2.61. The van der Waals surface area contributed by atoms with E-state index in [1.165, 1.54) is 9.77 Å². The Bertz CT molecular complexity index is 1020. The highest BCUT2D eigenvalue weighted by atomic mass is 32.2. The summed E-state index contributed by atoms with van der Waals surface area (Å²) in [6, 6.07) is 4.95. The van der Waals surface area contributed by atoms with Crippen molar-refractivity contribution in [1.82, 2.24) is 10.9 Å². The molecule has 3 heterocycles. The van der Waals surface area contributed by atoms with E-state index in [1.54, 1.807) is 41.3 Å². The quantitative estimate of drug-likeness (QED) is 0.503. The van der Waals surface area contributed by atoms with Gasteiger partial charge in [0.2, 0.25) is 6.79 Å². The second kappa shape index (κ2) is 8.22. The predicted octanol–water partition coefficient (Wildman–Crippen LogP) is 4.24. The Morgan fingerprint density at radius 1 is 1.10 bits per heavy atom. The number of thioether (sulfide) groups is 3. The lowest BCUT2D eigenvalue weighted by molar-refractivity contribution is 0.0848. The van der Waals surface area contributed by atoms with Crippen molar-refractivity contribution in [2.45, 2.75) is 27.6 Å². The van der Waals surface area contributed by atoms with Gasteiger partial charge >= 0.3 is 0 Å². The molecule has 1 spiro atoms. The van der Waals surface area contributed by atoms with E-state index in [1.807, 2.05) is 23.5 Å². The molecule has 0 atom stereocenters. The molecule has 0 saturated carbocycles. The lowest BCUT2D eigenvalue weighted by atomic mass is 9.92. The van der Waals surface area contributed by atoms with Gasteiger partial charge < -0.3 is 9.47 Å². The van der Waals surface area contributed by atoms with Crippen LogP contribution in [-0.2, 0) is 10.5 Å². The van der Waals surface area contributed by atoms with Crippen molar-refractivity contribution in [2.75, 3.05) is 24.6 Å². The Morgan fingerprint density at radius 3 is 2.67 bits per heavy atom. The number of carbonyl (C=O) groups is 2. The van der Waals surface area contributed by atoms with Crippen LogP contribution in [0.2, 0.25) is 0 Å². The van der Waals surface area contributed by atoms with Gasteiger partial charge in [0, 0.05) is 22.6 Å². The number of amides is 2. The molecule has 6 nitrogen and oxygen atoms in total. The first-order valence-corrected chi connectivity index (χ1v) is 13.6. The van der Waals surface area contributed by atoms with E-state index in [0.29, 0.717) is 21.9 Å². The smallest absolute Gasteiger partial charge is 0.280 e. The standard InChI is InChI=1S/C20H20N2O4S4/c1-27-19-15-12(3-2-6-20(15)28-7-8-29-20)16(30-19)18(24)22-21-17(23)11-4-5-13-14(9-11)26-10-25-13/h4-5,9H,2-3,6-8,10H2,1H3,(H,21,23)(H,22,24). The second-order valence-electron chi connectivity index (χ2n) is 7.06. The zero-order chi connectivity index (χ0) is 20.7. The summed E-state index contributed by atoms with van der Waals surface area (Å²) >= 11 is 7.30. The molecule has 2 N–H and O–H groups in total. The molecule has 0 unspecified atom stereocenters. The molecule has 1 fully saturated rings. The van der Waals surface area contributed by atoms with E-state index < -0.39 is 5.91 Å². The first-order chi connectivity index (χ1) is 14.6. The molecule has 3 aliphatic rings. The van der Waals surface area contributed by atoms with Crippen LogP contribution in [0.15, 0.2) is 22.4 Å². The lowest BCUT2D eigenvalue weighted by Gasteiger charge is -2.33. The van der Waals surface area contributed by atoms with Crippen molar-refractivity contribution in [3.8, 4) is 11.5 Å². The van der Waals surface area contributed by atoms with Crippen molar-refractivity contribution in [2.24, 2.45) is 0 Å². The van der Waals surface area contributed by atoms with E-state index in [-0.39, 0.29) is 16.8 Å². The summed E-state index contributed by atoms with van der Waals surface area (Å²) in [7, 11) is 0. The van der Waals surface area contributed by atoms with Gasteiger partial charge in [-0.05, 0) is 49.3 Å². The third-order valence-corrected chi connectivity index (χ3v) is 11.2. The van der Waals surface area contributed by atoms with Crippen LogP contribution in [0.3, 0.4) is 0 Å². The monoisotopic (exact) mass is 480 g/mol. The third kappa shape index (κ3) is 3.47. The number of hydrazine groups is 1. The molecular formula is C20H20N2O4S4. The Balaban J connectivity index is 1.34. The number of ether oxygens (including phenoxy) is 2. The highest BCUT2D eigenvalue weighted by molar-refractivity contribution is 8.20. The molecule has 30 heavy (non-hydrogen) atoms. The van der Waals surface area contributed by atoms with Crippen molar-refractivity contribution in [3.05, 3.63) is 39.8 Å². The molecule has 2 aromatic rings. The van der Waals surface area contributed by atoms with E-state index in [0.717, 1.165) is 36.3 Å². The zero-order valence-corrected chi connectivity index (χ0v) is 19.5. The summed E-state index contributed by atoms with van der Waals surface area (Å²) < 4.78 is 11.9. The largest absolute Gasteiger partial charge is 0.454 e. The maximum Gasteiger partial charge on any atom is 0.280 e. The Hall–Kier alpha value is -1.49. The van der Waals surface area contributed by atoms with Gasteiger partial charge in [-0.1, -0.05) is 0 Å². The Labute approximate surface area is 191 Å². The molecule has 1 aliphatic carbocycles. The van der Waals surface area contributed by atoms with Gasteiger partial charge in [0.25, 0.3) is 11.8 Å². The minimum absolute atomic E-state index is 0.0939. The maximum absolute atomic E-state index is 13.0. The molecule has 2 amide bonds. The average molecular weight is 481 g/mol. The first-order valence-electron chi connectivity index (χ1n) is 9.60. The molecule has 0 radical (unpaired) electrons. The number of hydrogen-bond acceptors (Lipinski definition) is 8.